The number of aliphatic carboxylic acids is 1. The number of carbonyl (C=O) groups excluding carboxylic acids is 1. The van der Waals surface area contributed by atoms with Crippen molar-refractivity contribution in [1.82, 2.24) is 10.1 Å². The second-order valence-corrected chi connectivity index (χ2v) is 8.27. The molecule has 0 radical (unpaired) electrons. The standard InChI is InChI=1S/C20H22N2O6S/c1-26-7-6-17-21-19(28-22-17)18-13-5-8-27-10-16(13)29-15(18)9-14(23)11-3-2-4-12(11)20(24)25/h2-10H2,1H3,(H,24,25). The molecule has 0 unspecified atom stereocenters. The number of hydrogen-bond acceptors (Lipinski definition) is 8. The maximum Gasteiger partial charge on any atom is 0.331 e. The lowest BCUT2D eigenvalue weighted by Crippen LogP contribution is -2.10. The first kappa shape index (κ1) is 19.9. The number of carboxylic acid groups (broad SMARTS) is 1. The van der Waals surface area contributed by atoms with Crippen LogP contribution in [0.25, 0.3) is 11.5 Å². The van der Waals surface area contributed by atoms with Gasteiger partial charge in [0.1, 0.15) is 0 Å². The second kappa shape index (κ2) is 8.56. The monoisotopic (exact) mass is 418 g/mol. The van der Waals surface area contributed by atoms with Gasteiger partial charge in [0.05, 0.1) is 25.4 Å². The number of ether oxygens (including phenoxy) is 2. The molecule has 8 nitrogen and oxygen atoms in total. The van der Waals surface area contributed by atoms with Crippen molar-refractivity contribution in [3.8, 4) is 11.5 Å². The lowest BCUT2D eigenvalue weighted by Gasteiger charge is -2.12. The first-order valence-electron chi connectivity index (χ1n) is 9.60. The van der Waals surface area contributed by atoms with Gasteiger partial charge in [0.15, 0.2) is 11.6 Å². The summed E-state index contributed by atoms with van der Waals surface area (Å²) in [4.78, 5) is 30.8. The van der Waals surface area contributed by atoms with Gasteiger partial charge in [-0.1, -0.05) is 5.16 Å². The molecule has 154 valence electrons. The van der Waals surface area contributed by atoms with E-state index < -0.39 is 5.97 Å². The molecular formula is C20H22N2O6S. The number of methoxy groups -OCH3 is 1. The maximum absolute atomic E-state index is 12.9. The Morgan fingerprint density at radius 3 is 2.86 bits per heavy atom. The average Bonchev–Trinajstić information content (AvgIpc) is 3.43. The van der Waals surface area contributed by atoms with E-state index in [0.29, 0.717) is 69.2 Å². The molecule has 0 atom stereocenters. The van der Waals surface area contributed by atoms with Crippen LogP contribution < -0.4 is 0 Å². The summed E-state index contributed by atoms with van der Waals surface area (Å²) in [5.74, 6) is -0.181. The Bertz CT molecular complexity index is 974. The van der Waals surface area contributed by atoms with Gasteiger partial charge in [-0.25, -0.2) is 4.79 Å². The number of aromatic nitrogens is 2. The number of hydrogen-bond donors (Lipinski definition) is 1. The SMILES string of the molecule is COCCc1noc(-c2c(CC(=O)C3=C(C(=O)O)CCC3)sc3c2CCOC3)n1. The van der Waals surface area contributed by atoms with Crippen LogP contribution in [0.1, 0.15) is 40.4 Å². The summed E-state index contributed by atoms with van der Waals surface area (Å²) in [6, 6.07) is 0. The molecule has 2 aromatic heterocycles. The molecule has 1 aliphatic heterocycles. The van der Waals surface area contributed by atoms with Gasteiger partial charge >= 0.3 is 5.97 Å². The molecule has 3 heterocycles. The van der Waals surface area contributed by atoms with Gasteiger partial charge in [0.2, 0.25) is 0 Å². The number of carbonyl (C=O) groups is 2. The summed E-state index contributed by atoms with van der Waals surface area (Å²) in [5, 5.41) is 13.4. The van der Waals surface area contributed by atoms with E-state index in [1.165, 1.54) is 11.3 Å². The zero-order valence-electron chi connectivity index (χ0n) is 16.2. The molecule has 4 rings (SSSR count). The number of allylic oxidation sites excluding steroid dienone is 1. The Kier molecular flexibility index (Phi) is 5.89. The molecule has 29 heavy (non-hydrogen) atoms. The van der Waals surface area contributed by atoms with E-state index in [2.05, 4.69) is 10.1 Å². The van der Waals surface area contributed by atoms with Gasteiger partial charge in [0, 0.05) is 40.9 Å². The van der Waals surface area contributed by atoms with Crippen molar-refractivity contribution in [3.63, 3.8) is 0 Å². The lowest BCUT2D eigenvalue weighted by atomic mass is 9.99. The van der Waals surface area contributed by atoms with Crippen molar-refractivity contribution in [2.75, 3.05) is 20.3 Å². The van der Waals surface area contributed by atoms with Gasteiger partial charge in [-0.2, -0.15) is 4.98 Å². The van der Waals surface area contributed by atoms with E-state index in [4.69, 9.17) is 14.0 Å². The Balaban J connectivity index is 1.68. The second-order valence-electron chi connectivity index (χ2n) is 7.08. The summed E-state index contributed by atoms with van der Waals surface area (Å²) in [7, 11) is 1.61. The van der Waals surface area contributed by atoms with E-state index in [1.54, 1.807) is 7.11 Å². The zero-order chi connectivity index (χ0) is 20.4. The topological polar surface area (TPSA) is 112 Å². The van der Waals surface area contributed by atoms with Crippen LogP contribution in [0.3, 0.4) is 0 Å². The summed E-state index contributed by atoms with van der Waals surface area (Å²) in [5.41, 5.74) is 2.59. The van der Waals surface area contributed by atoms with Crippen molar-refractivity contribution in [2.45, 2.75) is 45.1 Å². The first-order chi connectivity index (χ1) is 14.1. The molecule has 0 fully saturated rings. The highest BCUT2D eigenvalue weighted by molar-refractivity contribution is 7.12. The van der Waals surface area contributed by atoms with Gasteiger partial charge < -0.3 is 19.1 Å². The molecular weight excluding hydrogens is 396 g/mol. The van der Waals surface area contributed by atoms with E-state index in [1.807, 2.05) is 0 Å². The summed E-state index contributed by atoms with van der Waals surface area (Å²) >= 11 is 1.51. The molecule has 0 amide bonds. The molecule has 1 N–H and O–H groups in total. The van der Waals surface area contributed by atoms with E-state index in [-0.39, 0.29) is 17.8 Å². The normalized spacial score (nSPS) is 16.3. The Hall–Kier alpha value is -2.36. The number of carboxylic acids is 1. The molecule has 2 aliphatic rings. The van der Waals surface area contributed by atoms with Crippen molar-refractivity contribution in [2.24, 2.45) is 0 Å². The van der Waals surface area contributed by atoms with Gasteiger partial charge in [0.25, 0.3) is 5.89 Å². The molecule has 0 spiro atoms. The number of fused-ring (bicyclic) bond motifs is 1. The van der Waals surface area contributed by atoms with Crippen LogP contribution in [0.5, 0.6) is 0 Å². The fraction of sp³-hybridized carbons (Fsp3) is 0.500. The van der Waals surface area contributed by atoms with Gasteiger partial charge in [-0.05, 0) is 31.2 Å². The third kappa shape index (κ3) is 4.03. The largest absolute Gasteiger partial charge is 0.478 e. The van der Waals surface area contributed by atoms with Crippen LogP contribution in [0.2, 0.25) is 0 Å². The van der Waals surface area contributed by atoms with Crippen LogP contribution in [-0.2, 0) is 44.9 Å². The Morgan fingerprint density at radius 1 is 1.24 bits per heavy atom. The first-order valence-corrected chi connectivity index (χ1v) is 10.4. The number of nitrogens with zero attached hydrogens (tertiary/aromatic N) is 2. The van der Waals surface area contributed by atoms with Crippen LogP contribution in [0.15, 0.2) is 15.7 Å². The fourth-order valence-corrected chi connectivity index (χ4v) is 5.14. The van der Waals surface area contributed by atoms with Crippen molar-refractivity contribution < 1.29 is 28.7 Å². The fourth-order valence-electron chi connectivity index (χ4n) is 3.85. The van der Waals surface area contributed by atoms with Gasteiger partial charge in [-0.15, -0.1) is 11.3 Å². The van der Waals surface area contributed by atoms with Crippen LogP contribution in [-0.4, -0.2) is 47.3 Å². The predicted octanol–water partition coefficient (Wildman–Crippen LogP) is 2.74. The molecule has 0 saturated carbocycles. The van der Waals surface area contributed by atoms with Crippen LogP contribution in [0, 0.1) is 0 Å². The third-order valence-corrected chi connectivity index (χ3v) is 6.44. The minimum Gasteiger partial charge on any atom is -0.478 e. The lowest BCUT2D eigenvalue weighted by molar-refractivity contribution is -0.133. The van der Waals surface area contributed by atoms with Crippen LogP contribution >= 0.6 is 11.3 Å². The number of thiophene rings is 1. The quantitative estimate of drug-likeness (QED) is 0.696. The van der Waals surface area contributed by atoms with Crippen molar-refractivity contribution >= 4 is 23.1 Å². The highest BCUT2D eigenvalue weighted by Crippen LogP contribution is 2.40. The van der Waals surface area contributed by atoms with Crippen molar-refractivity contribution in [1.29, 1.82) is 0 Å². The molecule has 0 bridgehead atoms. The molecule has 0 saturated heterocycles. The van der Waals surface area contributed by atoms with E-state index in [0.717, 1.165) is 20.9 Å². The van der Waals surface area contributed by atoms with Crippen LogP contribution in [0.4, 0.5) is 0 Å². The third-order valence-electron chi connectivity index (χ3n) is 5.24. The Labute approximate surface area is 171 Å². The van der Waals surface area contributed by atoms with Gasteiger partial charge in [-0.3, -0.25) is 4.79 Å². The molecule has 1 aliphatic carbocycles. The predicted molar refractivity (Wildman–Crippen MR) is 104 cm³/mol. The van der Waals surface area contributed by atoms with E-state index >= 15 is 0 Å². The highest BCUT2D eigenvalue weighted by atomic mass is 32.1. The summed E-state index contributed by atoms with van der Waals surface area (Å²) in [6.45, 7) is 1.59. The molecule has 0 aromatic carbocycles. The zero-order valence-corrected chi connectivity index (χ0v) is 17.0. The highest BCUT2D eigenvalue weighted by Gasteiger charge is 2.30. The molecule has 9 heteroatoms. The Morgan fingerprint density at radius 2 is 2.07 bits per heavy atom. The number of rotatable bonds is 8. The van der Waals surface area contributed by atoms with Crippen molar-refractivity contribution in [3.05, 3.63) is 32.3 Å². The minimum absolute atomic E-state index is 0.134. The molecule has 2 aromatic rings. The maximum atomic E-state index is 12.9. The average molecular weight is 418 g/mol. The number of Topliss-reactive ketones (excluding diaryl/α,β-unsaturated/α-hetero) is 1. The summed E-state index contributed by atoms with van der Waals surface area (Å²) < 4.78 is 16.1. The van der Waals surface area contributed by atoms with E-state index in [9.17, 15) is 14.7 Å². The number of ketones is 1. The minimum atomic E-state index is -0.996. The summed E-state index contributed by atoms with van der Waals surface area (Å²) in [6.07, 6.45) is 3.06. The smallest absolute Gasteiger partial charge is 0.331 e.